The normalized spacial score (nSPS) is 30.4. The smallest absolute Gasteiger partial charge is 0.300 e. The number of nitro benzene ring substituents is 1. The molecule has 6 rings (SSSR count). The molecule has 0 aliphatic heterocycles. The number of nitrogen functional groups attached to an aromatic ring is 1. The predicted octanol–water partition coefficient (Wildman–Crippen LogP) is 3.93. The molecule has 4 saturated carbocycles. The van der Waals surface area contributed by atoms with E-state index in [1.54, 1.807) is 18.2 Å². The van der Waals surface area contributed by atoms with Crippen molar-refractivity contribution in [1.29, 1.82) is 0 Å². The molecule has 146 valence electrons. The van der Waals surface area contributed by atoms with Gasteiger partial charge in [0, 0.05) is 6.07 Å². The van der Waals surface area contributed by atoms with Crippen molar-refractivity contribution in [3.8, 4) is 11.3 Å². The molecule has 1 aromatic carbocycles. The molecular weight excluding hydrogens is 358 g/mol. The molecule has 3 N–H and O–H groups in total. The lowest BCUT2D eigenvalue weighted by Crippen LogP contribution is -2.48. The van der Waals surface area contributed by atoms with Crippen LogP contribution in [0.4, 0.5) is 5.69 Å². The molecule has 0 unspecified atom stereocenters. The summed E-state index contributed by atoms with van der Waals surface area (Å²) in [5.41, 5.74) is 3.59. The van der Waals surface area contributed by atoms with Crippen LogP contribution in [0.2, 0.25) is 0 Å². The molecule has 0 atom stereocenters. The van der Waals surface area contributed by atoms with Gasteiger partial charge >= 0.3 is 5.91 Å². The summed E-state index contributed by atoms with van der Waals surface area (Å²) in [5, 5.41) is 11.8. The molecule has 1 amide bonds. The highest BCUT2D eigenvalue weighted by molar-refractivity contribution is 5.91. The van der Waals surface area contributed by atoms with Crippen molar-refractivity contribution in [1.82, 2.24) is 5.43 Å². The fourth-order valence-corrected chi connectivity index (χ4v) is 6.36. The van der Waals surface area contributed by atoms with Gasteiger partial charge in [0.05, 0.1) is 10.5 Å². The highest BCUT2D eigenvalue weighted by Crippen LogP contribution is 2.61. The zero-order valence-electron chi connectivity index (χ0n) is 15.5. The van der Waals surface area contributed by atoms with Crippen LogP contribution in [0.15, 0.2) is 34.7 Å². The lowest BCUT2D eigenvalue weighted by Gasteiger charge is -2.57. The Bertz CT molecular complexity index is 929. The zero-order chi connectivity index (χ0) is 19.5. The number of nitrogens with zero attached hydrogens (tertiary/aromatic N) is 1. The Labute approximate surface area is 162 Å². The molecule has 0 spiro atoms. The molecule has 28 heavy (non-hydrogen) atoms. The van der Waals surface area contributed by atoms with Gasteiger partial charge in [0.1, 0.15) is 5.76 Å². The summed E-state index contributed by atoms with van der Waals surface area (Å²) in [6.45, 7) is 0. The van der Waals surface area contributed by atoms with Crippen LogP contribution >= 0.6 is 0 Å². The average Bonchev–Trinajstić information content (AvgIpc) is 3.16. The van der Waals surface area contributed by atoms with Crippen molar-refractivity contribution < 1.29 is 14.1 Å². The number of hydrogen-bond acceptors (Lipinski definition) is 5. The van der Waals surface area contributed by atoms with Gasteiger partial charge in [-0.2, -0.15) is 0 Å². The Hall–Kier alpha value is -2.67. The third-order valence-corrected chi connectivity index (χ3v) is 7.07. The van der Waals surface area contributed by atoms with Gasteiger partial charge in [-0.1, -0.05) is 6.07 Å². The lowest BCUT2D eigenvalue weighted by molar-refractivity contribution is -0.384. The monoisotopic (exact) mass is 381 g/mol. The largest absolute Gasteiger partial charge is 0.451 e. The van der Waals surface area contributed by atoms with Gasteiger partial charge in [-0.15, -0.1) is 0 Å². The maximum atomic E-state index is 11.8. The molecule has 7 heteroatoms. The van der Waals surface area contributed by atoms with Crippen molar-refractivity contribution in [2.24, 2.45) is 23.6 Å². The van der Waals surface area contributed by atoms with E-state index in [9.17, 15) is 14.9 Å². The topological polar surface area (TPSA) is 111 Å². The minimum atomic E-state index is -0.570. The van der Waals surface area contributed by atoms with E-state index >= 15 is 0 Å². The van der Waals surface area contributed by atoms with E-state index in [0.29, 0.717) is 11.3 Å². The van der Waals surface area contributed by atoms with Crippen molar-refractivity contribution in [2.75, 3.05) is 0 Å². The summed E-state index contributed by atoms with van der Waals surface area (Å²) >= 11 is 0. The highest BCUT2D eigenvalue weighted by atomic mass is 16.6. The first kappa shape index (κ1) is 17.4. The number of benzene rings is 1. The molecule has 4 aliphatic carbocycles. The first-order valence-electron chi connectivity index (χ1n) is 9.87. The highest BCUT2D eigenvalue weighted by Gasteiger charge is 2.51. The summed E-state index contributed by atoms with van der Waals surface area (Å²) in [6.07, 6.45) is 7.44. The van der Waals surface area contributed by atoms with Crippen LogP contribution in [0.3, 0.4) is 0 Å². The second kappa shape index (κ2) is 6.17. The molecule has 1 heterocycles. The van der Waals surface area contributed by atoms with E-state index < -0.39 is 5.91 Å². The minimum Gasteiger partial charge on any atom is -0.451 e. The number of carbonyl (C=O) groups is 1. The second-order valence-electron chi connectivity index (χ2n) is 8.82. The first-order valence-corrected chi connectivity index (χ1v) is 9.87. The number of nitrogens with one attached hydrogen (secondary N) is 1. The van der Waals surface area contributed by atoms with Crippen LogP contribution in [-0.2, 0) is 5.41 Å². The van der Waals surface area contributed by atoms with Gasteiger partial charge in [-0.25, -0.2) is 5.84 Å². The number of carbonyl (C=O) groups excluding carboxylic acids is 1. The zero-order valence-corrected chi connectivity index (χ0v) is 15.5. The molecule has 0 radical (unpaired) electrons. The van der Waals surface area contributed by atoms with Crippen molar-refractivity contribution >= 4 is 11.6 Å². The average molecular weight is 381 g/mol. The van der Waals surface area contributed by atoms with Crippen molar-refractivity contribution in [3.63, 3.8) is 0 Å². The summed E-state index contributed by atoms with van der Waals surface area (Å²) in [4.78, 5) is 23.1. The Morgan fingerprint density at radius 2 is 1.75 bits per heavy atom. The molecular formula is C21H23N3O4. The van der Waals surface area contributed by atoms with Gasteiger partial charge in [0.2, 0.25) is 0 Å². The van der Waals surface area contributed by atoms with Crippen molar-refractivity contribution in [2.45, 2.75) is 43.9 Å². The Kier molecular flexibility index (Phi) is 3.84. The fourth-order valence-electron chi connectivity index (χ4n) is 6.36. The molecule has 0 saturated heterocycles. The fraction of sp³-hybridized carbons (Fsp3) is 0.476. The Morgan fingerprint density at radius 3 is 2.32 bits per heavy atom. The van der Waals surface area contributed by atoms with Crippen LogP contribution in [0, 0.1) is 27.9 Å². The molecule has 4 aliphatic rings. The van der Waals surface area contributed by atoms with Gasteiger partial charge in [-0.05, 0) is 85.5 Å². The van der Waals surface area contributed by atoms with Gasteiger partial charge in [-0.3, -0.25) is 20.3 Å². The third kappa shape index (κ3) is 2.64. The molecule has 7 nitrogen and oxygen atoms in total. The number of nitro groups is 1. The number of hydrazine groups is 1. The summed E-state index contributed by atoms with van der Waals surface area (Å²) in [7, 11) is 0. The Balaban J connectivity index is 1.54. The van der Waals surface area contributed by atoms with E-state index in [-0.39, 0.29) is 21.8 Å². The number of rotatable bonds is 4. The quantitative estimate of drug-likeness (QED) is 0.361. The number of furan rings is 1. The maximum Gasteiger partial charge on any atom is 0.300 e. The molecule has 4 fully saturated rings. The molecule has 2 aromatic rings. The maximum absolute atomic E-state index is 11.8. The predicted molar refractivity (Wildman–Crippen MR) is 102 cm³/mol. The van der Waals surface area contributed by atoms with Crippen molar-refractivity contribution in [3.05, 3.63) is 51.8 Å². The summed E-state index contributed by atoms with van der Waals surface area (Å²) in [6, 6.07) is 8.58. The van der Waals surface area contributed by atoms with Gasteiger partial charge in [0.25, 0.3) is 5.69 Å². The number of hydrogen-bond donors (Lipinski definition) is 2. The van der Waals surface area contributed by atoms with E-state index in [4.69, 9.17) is 10.3 Å². The van der Waals surface area contributed by atoms with E-state index in [1.165, 1.54) is 25.3 Å². The van der Waals surface area contributed by atoms with Crippen LogP contribution in [0.25, 0.3) is 11.3 Å². The summed E-state index contributed by atoms with van der Waals surface area (Å²) in [5.74, 6) is 7.19. The second-order valence-corrected chi connectivity index (χ2v) is 8.82. The third-order valence-electron chi connectivity index (χ3n) is 7.07. The SMILES string of the molecule is NNC(=O)c1ccc(-c2ccc(C34CC5CC(CC(C5)C3)C4)cc2[N+](=O)[O-])o1. The summed E-state index contributed by atoms with van der Waals surface area (Å²) < 4.78 is 5.51. The van der Waals surface area contributed by atoms with Crippen LogP contribution in [0.1, 0.15) is 54.6 Å². The molecule has 4 bridgehead atoms. The van der Waals surface area contributed by atoms with Crippen LogP contribution in [0.5, 0.6) is 0 Å². The van der Waals surface area contributed by atoms with E-state index in [2.05, 4.69) is 0 Å². The Morgan fingerprint density at radius 1 is 1.11 bits per heavy atom. The van der Waals surface area contributed by atoms with Gasteiger partial charge < -0.3 is 4.42 Å². The van der Waals surface area contributed by atoms with E-state index in [0.717, 1.165) is 42.6 Å². The minimum absolute atomic E-state index is 0.0250. The first-order chi connectivity index (χ1) is 13.5. The van der Waals surface area contributed by atoms with Crippen LogP contribution in [-0.4, -0.2) is 10.8 Å². The number of amides is 1. The van der Waals surface area contributed by atoms with Gasteiger partial charge in [0.15, 0.2) is 5.76 Å². The van der Waals surface area contributed by atoms with Crippen LogP contribution < -0.4 is 11.3 Å². The lowest BCUT2D eigenvalue weighted by atomic mass is 9.48. The molecule has 1 aromatic heterocycles. The standard InChI is InChI=1S/C21H23N3O4/c22-23-20(25)19-4-3-18(28-19)16-2-1-15(8-17(16)24(26)27)21-9-12-5-13(10-21)7-14(6-12)11-21/h1-4,8,12-14H,5-7,9-11,22H2,(H,23,25). The number of nitrogens with two attached hydrogens (primary N) is 1. The van der Waals surface area contributed by atoms with E-state index in [1.807, 2.05) is 11.5 Å².